The molecule has 0 spiro atoms. The molecule has 0 radical (unpaired) electrons. The summed E-state index contributed by atoms with van der Waals surface area (Å²) in [4.78, 5) is 71.2. The maximum atomic E-state index is 14.3. The minimum Gasteiger partial charge on any atom is -0.492 e. The topological polar surface area (TPSA) is 171 Å². The van der Waals surface area contributed by atoms with E-state index in [1.165, 1.54) is 18.9 Å². The summed E-state index contributed by atoms with van der Waals surface area (Å²) < 4.78 is 11.0. The molecule has 1 aromatic heterocycles. The van der Waals surface area contributed by atoms with E-state index >= 15 is 0 Å². The van der Waals surface area contributed by atoms with Crippen LogP contribution in [0.2, 0.25) is 0 Å². The van der Waals surface area contributed by atoms with Gasteiger partial charge in [0.1, 0.15) is 30.5 Å². The van der Waals surface area contributed by atoms with Crippen molar-refractivity contribution in [2.45, 2.75) is 51.7 Å². The van der Waals surface area contributed by atoms with Crippen LogP contribution in [0, 0.1) is 5.92 Å². The van der Waals surface area contributed by atoms with Gasteiger partial charge in [-0.1, -0.05) is 44.2 Å². The number of aromatic nitrogens is 1. The van der Waals surface area contributed by atoms with E-state index < -0.39 is 41.8 Å². The summed E-state index contributed by atoms with van der Waals surface area (Å²) in [5.41, 5.74) is 2.41. The van der Waals surface area contributed by atoms with Crippen LogP contribution in [0.25, 0.3) is 10.9 Å². The average molecular weight is 649 g/mol. The summed E-state index contributed by atoms with van der Waals surface area (Å²) in [7, 11) is 1.48. The number of aromatic amines is 1. The standard InChI is InChI=1S/C34H44N6O7/c1-21(2)31-33(44)35-13-15-47-25-11-9-23(10-12-25)17-28(37-22(3)41)32(43)38-29(18-24-19-36-27-8-6-5-7-26(24)27)34(45)40(14-16-46-4)20-30(42)39-31/h5-12,19,21,28-29,31,36H,13-18,20H2,1-4H3,(H,35,44)(H,37,41)(H,38,43)(H,39,42)/t28-,29-,31-/m0/s1. The quantitative estimate of drug-likeness (QED) is 0.239. The van der Waals surface area contributed by atoms with Crippen LogP contribution >= 0.6 is 0 Å². The fourth-order valence-corrected chi connectivity index (χ4v) is 5.47. The summed E-state index contributed by atoms with van der Waals surface area (Å²) in [6, 6.07) is 11.7. The fourth-order valence-electron chi connectivity index (χ4n) is 5.47. The van der Waals surface area contributed by atoms with E-state index in [1.54, 1.807) is 30.5 Å². The van der Waals surface area contributed by atoms with Gasteiger partial charge >= 0.3 is 0 Å². The van der Waals surface area contributed by atoms with Gasteiger partial charge in [-0.25, -0.2) is 0 Å². The number of rotatable bonds is 7. The molecule has 5 amide bonds. The van der Waals surface area contributed by atoms with E-state index in [9.17, 15) is 24.0 Å². The normalized spacial score (nSPS) is 20.4. The average Bonchev–Trinajstić information content (AvgIpc) is 3.45. The first-order valence-electron chi connectivity index (χ1n) is 15.7. The Labute approximate surface area is 274 Å². The first-order chi connectivity index (χ1) is 22.5. The van der Waals surface area contributed by atoms with Gasteiger partial charge < -0.3 is 40.6 Å². The molecule has 5 rings (SSSR count). The second-order valence-corrected chi connectivity index (χ2v) is 11.9. The number of ether oxygens (including phenoxy) is 2. The molecule has 2 aromatic carbocycles. The van der Waals surface area contributed by atoms with E-state index in [2.05, 4.69) is 26.3 Å². The van der Waals surface area contributed by atoms with Crippen LogP contribution in [0.4, 0.5) is 0 Å². The molecule has 13 nitrogen and oxygen atoms in total. The van der Waals surface area contributed by atoms with Crippen LogP contribution in [-0.4, -0.2) is 97.5 Å². The number of carbonyl (C=O) groups excluding carboxylic acids is 5. The first kappa shape index (κ1) is 35.0. The number of nitrogens with zero attached hydrogens (tertiary/aromatic N) is 1. The van der Waals surface area contributed by atoms with Gasteiger partial charge in [0.25, 0.3) is 0 Å². The Kier molecular flexibility index (Phi) is 12.3. The predicted octanol–water partition coefficient (Wildman–Crippen LogP) is 1.07. The highest BCUT2D eigenvalue weighted by atomic mass is 16.5. The van der Waals surface area contributed by atoms with Crippen molar-refractivity contribution in [1.82, 2.24) is 31.2 Å². The molecule has 0 fully saturated rings. The molecule has 3 aromatic rings. The maximum absolute atomic E-state index is 14.3. The number of carbonyl (C=O) groups is 5. The van der Waals surface area contributed by atoms with Gasteiger partial charge in [-0.05, 0) is 35.2 Å². The molecule has 0 aliphatic carbocycles. The lowest BCUT2D eigenvalue weighted by atomic mass is 10.0. The number of nitrogens with one attached hydrogen (secondary N) is 5. The van der Waals surface area contributed by atoms with Crippen molar-refractivity contribution < 1.29 is 33.4 Å². The number of hydrogen-bond acceptors (Lipinski definition) is 7. The van der Waals surface area contributed by atoms with E-state index in [4.69, 9.17) is 9.47 Å². The smallest absolute Gasteiger partial charge is 0.246 e. The predicted molar refractivity (Wildman–Crippen MR) is 175 cm³/mol. The van der Waals surface area contributed by atoms with Crippen LogP contribution in [0.3, 0.4) is 0 Å². The Morgan fingerprint density at radius 2 is 1.79 bits per heavy atom. The molecule has 5 N–H and O–H groups in total. The number of H-pyrrole nitrogens is 1. The van der Waals surface area contributed by atoms with Crippen molar-refractivity contribution in [2.75, 3.05) is 40.0 Å². The van der Waals surface area contributed by atoms with Crippen molar-refractivity contribution >= 4 is 40.4 Å². The summed E-state index contributed by atoms with van der Waals surface area (Å²) in [5, 5.41) is 12.0. The van der Waals surface area contributed by atoms with Gasteiger partial charge in [-0.2, -0.15) is 0 Å². The number of fused-ring (bicyclic) bond motifs is 18. The molecule has 0 saturated carbocycles. The Balaban J connectivity index is 1.71. The largest absolute Gasteiger partial charge is 0.492 e. The molecule has 47 heavy (non-hydrogen) atoms. The van der Waals surface area contributed by atoms with Gasteiger partial charge in [0.05, 0.1) is 19.7 Å². The zero-order valence-electron chi connectivity index (χ0n) is 27.3. The summed E-state index contributed by atoms with van der Waals surface area (Å²) >= 11 is 0. The summed E-state index contributed by atoms with van der Waals surface area (Å²) in [6.45, 7) is 5.16. The second-order valence-electron chi connectivity index (χ2n) is 11.9. The van der Waals surface area contributed by atoms with Crippen molar-refractivity contribution in [3.8, 4) is 5.75 Å². The number of hydrogen-bond donors (Lipinski definition) is 5. The highest BCUT2D eigenvalue weighted by molar-refractivity contribution is 5.95. The Morgan fingerprint density at radius 3 is 2.49 bits per heavy atom. The molecule has 252 valence electrons. The van der Waals surface area contributed by atoms with E-state index in [-0.39, 0.29) is 57.5 Å². The number of methoxy groups -OCH3 is 1. The van der Waals surface area contributed by atoms with Crippen LogP contribution in [0.15, 0.2) is 54.7 Å². The van der Waals surface area contributed by atoms with Crippen molar-refractivity contribution in [1.29, 1.82) is 0 Å². The first-order valence-corrected chi connectivity index (χ1v) is 15.7. The molecule has 3 atom stereocenters. The molecule has 13 heteroatoms. The highest BCUT2D eigenvalue weighted by Crippen LogP contribution is 2.20. The van der Waals surface area contributed by atoms with Gasteiger partial charge in [-0.3, -0.25) is 24.0 Å². The number of para-hydroxylation sites is 1. The summed E-state index contributed by atoms with van der Waals surface area (Å²) in [6.07, 6.45) is 2.05. The lowest BCUT2D eigenvalue weighted by Gasteiger charge is -2.30. The van der Waals surface area contributed by atoms with Crippen LogP contribution in [-0.2, 0) is 41.6 Å². The van der Waals surface area contributed by atoms with Gasteiger partial charge in [-0.15, -0.1) is 0 Å². The minimum atomic E-state index is -1.10. The Bertz CT molecular complexity index is 1550. The zero-order valence-corrected chi connectivity index (χ0v) is 27.3. The zero-order chi connectivity index (χ0) is 33.9. The van der Waals surface area contributed by atoms with Crippen molar-refractivity contribution in [2.24, 2.45) is 5.92 Å². The number of benzene rings is 2. The molecular weight excluding hydrogens is 604 g/mol. The van der Waals surface area contributed by atoms with Crippen molar-refractivity contribution in [3.05, 3.63) is 65.9 Å². The Morgan fingerprint density at radius 1 is 1.04 bits per heavy atom. The summed E-state index contributed by atoms with van der Waals surface area (Å²) in [5.74, 6) is -2.06. The van der Waals surface area contributed by atoms with Gasteiger partial charge in [0, 0.05) is 50.5 Å². The molecular formula is C34H44N6O7. The van der Waals surface area contributed by atoms with Gasteiger partial charge in [0.2, 0.25) is 29.5 Å². The third-order valence-electron chi connectivity index (χ3n) is 7.92. The lowest BCUT2D eigenvalue weighted by molar-refractivity contribution is -0.141. The Hall–Kier alpha value is -4.91. The minimum absolute atomic E-state index is 0.0559. The third kappa shape index (κ3) is 9.79. The molecule has 3 heterocycles. The number of amides is 5. The second kappa shape index (κ2) is 16.6. The lowest BCUT2D eigenvalue weighted by Crippen LogP contribution is -2.58. The van der Waals surface area contributed by atoms with E-state index in [0.717, 1.165) is 22.0 Å². The molecule has 2 bridgehead atoms. The maximum Gasteiger partial charge on any atom is 0.246 e. The molecule has 0 saturated heterocycles. The molecule has 2 aliphatic heterocycles. The monoisotopic (exact) mass is 648 g/mol. The van der Waals surface area contributed by atoms with E-state index in [1.807, 2.05) is 38.1 Å². The third-order valence-corrected chi connectivity index (χ3v) is 7.92. The SMILES string of the molecule is COCCN1CC(=O)N[C@@H](C(C)C)C(=O)NCCOc2ccc(cc2)C[C@H](NC(C)=O)C(=O)N[C@@H](Cc2c[nH]c3ccccc23)C1=O. The van der Waals surface area contributed by atoms with E-state index in [0.29, 0.717) is 5.75 Å². The van der Waals surface area contributed by atoms with Crippen LogP contribution < -0.4 is 26.0 Å². The highest BCUT2D eigenvalue weighted by Gasteiger charge is 2.32. The van der Waals surface area contributed by atoms with Gasteiger partial charge in [0.15, 0.2) is 0 Å². The molecule has 2 aliphatic rings. The van der Waals surface area contributed by atoms with Crippen molar-refractivity contribution in [3.63, 3.8) is 0 Å². The fraction of sp³-hybridized carbons (Fsp3) is 0.441. The molecule has 0 unspecified atom stereocenters. The van der Waals surface area contributed by atoms with Crippen LogP contribution in [0.1, 0.15) is 31.9 Å². The van der Waals surface area contributed by atoms with Crippen LogP contribution in [0.5, 0.6) is 5.75 Å².